The van der Waals surface area contributed by atoms with Gasteiger partial charge in [0.25, 0.3) is 0 Å². The molecule has 4 N–H and O–H groups in total. The Hall–Kier alpha value is -1.38. The highest BCUT2D eigenvalue weighted by Crippen LogP contribution is 2.44. The Morgan fingerprint density at radius 1 is 0.750 bits per heavy atom. The van der Waals surface area contributed by atoms with Gasteiger partial charge in [-0.05, 0) is 67.6 Å². The van der Waals surface area contributed by atoms with Crippen molar-refractivity contribution in [1.29, 1.82) is 0 Å². The zero-order valence-electron chi connectivity index (χ0n) is 12.1. The molecule has 20 heavy (non-hydrogen) atoms. The van der Waals surface area contributed by atoms with Crippen LogP contribution < -0.4 is 11.5 Å². The number of hydrogen-bond acceptors (Lipinski definition) is 2. The molecule has 0 radical (unpaired) electrons. The fourth-order valence-corrected chi connectivity index (χ4v) is 3.21. The molecule has 4 heteroatoms. The van der Waals surface area contributed by atoms with Crippen LogP contribution in [0.25, 0.3) is 11.1 Å². The Labute approximate surface area is 129 Å². The molecule has 2 aromatic rings. The number of anilines is 2. The Bertz CT molecular complexity index is 654. The molecular formula is C16H18Cl2N2. The molecule has 0 saturated carbocycles. The summed E-state index contributed by atoms with van der Waals surface area (Å²) >= 11 is 12.7. The maximum Gasteiger partial charge on any atom is 0.0830 e. The molecule has 0 aliphatic carbocycles. The van der Waals surface area contributed by atoms with Gasteiger partial charge in [-0.1, -0.05) is 23.2 Å². The van der Waals surface area contributed by atoms with Crippen LogP contribution in [-0.4, -0.2) is 0 Å². The summed E-state index contributed by atoms with van der Waals surface area (Å²) < 4.78 is 0. The molecule has 0 fully saturated rings. The van der Waals surface area contributed by atoms with E-state index in [0.29, 0.717) is 15.7 Å². The van der Waals surface area contributed by atoms with E-state index in [9.17, 15) is 0 Å². The van der Waals surface area contributed by atoms with E-state index in [4.69, 9.17) is 34.7 Å². The summed E-state index contributed by atoms with van der Waals surface area (Å²) in [5.41, 5.74) is 19.4. The summed E-state index contributed by atoms with van der Waals surface area (Å²) in [7, 11) is 0. The first-order valence-electron chi connectivity index (χ1n) is 6.36. The summed E-state index contributed by atoms with van der Waals surface area (Å²) in [5, 5.41) is 0.920. The molecule has 106 valence electrons. The predicted molar refractivity (Wildman–Crippen MR) is 89.7 cm³/mol. The van der Waals surface area contributed by atoms with Gasteiger partial charge in [-0.3, -0.25) is 0 Å². The molecule has 0 aliphatic rings. The van der Waals surface area contributed by atoms with E-state index >= 15 is 0 Å². The van der Waals surface area contributed by atoms with E-state index in [1.807, 2.05) is 39.8 Å². The third-order valence-electron chi connectivity index (χ3n) is 3.80. The second-order valence-electron chi connectivity index (χ2n) is 5.20. The smallest absolute Gasteiger partial charge is 0.0830 e. The lowest BCUT2D eigenvalue weighted by Gasteiger charge is -2.19. The van der Waals surface area contributed by atoms with Crippen LogP contribution in [0, 0.1) is 27.7 Å². The van der Waals surface area contributed by atoms with Crippen LogP contribution in [-0.2, 0) is 0 Å². The first-order valence-corrected chi connectivity index (χ1v) is 7.12. The lowest BCUT2D eigenvalue weighted by atomic mass is 9.89. The number of nitrogens with two attached hydrogens (primary N) is 2. The van der Waals surface area contributed by atoms with Gasteiger partial charge in [0.15, 0.2) is 0 Å². The van der Waals surface area contributed by atoms with Crippen molar-refractivity contribution in [2.45, 2.75) is 27.7 Å². The van der Waals surface area contributed by atoms with Crippen molar-refractivity contribution in [3.8, 4) is 11.1 Å². The van der Waals surface area contributed by atoms with Crippen LogP contribution in [0.3, 0.4) is 0 Å². The molecule has 2 rings (SSSR count). The number of rotatable bonds is 1. The second-order valence-corrected chi connectivity index (χ2v) is 5.95. The van der Waals surface area contributed by atoms with E-state index < -0.39 is 0 Å². The van der Waals surface area contributed by atoms with E-state index in [0.717, 1.165) is 39.1 Å². The van der Waals surface area contributed by atoms with Crippen LogP contribution in [0.1, 0.15) is 22.3 Å². The molecule has 0 atom stereocenters. The third kappa shape index (κ3) is 2.23. The molecule has 0 heterocycles. The highest BCUT2D eigenvalue weighted by molar-refractivity contribution is 6.45. The fraction of sp³-hybridized carbons (Fsp3) is 0.250. The van der Waals surface area contributed by atoms with Crippen LogP contribution in [0.15, 0.2) is 12.1 Å². The van der Waals surface area contributed by atoms with Gasteiger partial charge in [-0.15, -0.1) is 0 Å². The molecule has 2 nitrogen and oxygen atoms in total. The van der Waals surface area contributed by atoms with Crippen molar-refractivity contribution >= 4 is 34.6 Å². The van der Waals surface area contributed by atoms with Gasteiger partial charge in [0, 0.05) is 11.3 Å². The van der Waals surface area contributed by atoms with Gasteiger partial charge in [-0.2, -0.15) is 0 Å². The Morgan fingerprint density at radius 2 is 1.25 bits per heavy atom. The lowest BCUT2D eigenvalue weighted by Crippen LogP contribution is -2.01. The summed E-state index contributed by atoms with van der Waals surface area (Å²) in [5.74, 6) is 0. The third-order valence-corrected chi connectivity index (χ3v) is 4.66. The fourth-order valence-electron chi connectivity index (χ4n) is 2.64. The van der Waals surface area contributed by atoms with Crippen molar-refractivity contribution in [3.05, 3.63) is 44.4 Å². The van der Waals surface area contributed by atoms with Crippen molar-refractivity contribution in [2.24, 2.45) is 0 Å². The summed E-state index contributed by atoms with van der Waals surface area (Å²) in [6.45, 7) is 8.01. The first-order chi connectivity index (χ1) is 9.25. The van der Waals surface area contributed by atoms with Crippen LogP contribution >= 0.6 is 23.2 Å². The topological polar surface area (TPSA) is 52.0 Å². The van der Waals surface area contributed by atoms with Crippen molar-refractivity contribution < 1.29 is 0 Å². The highest BCUT2D eigenvalue weighted by atomic mass is 35.5. The molecule has 0 bridgehead atoms. The Balaban J connectivity index is 2.91. The van der Waals surface area contributed by atoms with Gasteiger partial charge in [0.2, 0.25) is 0 Å². The molecule has 0 spiro atoms. The van der Waals surface area contributed by atoms with Crippen LogP contribution in [0.4, 0.5) is 11.4 Å². The summed E-state index contributed by atoms with van der Waals surface area (Å²) in [6, 6.07) is 3.88. The largest absolute Gasteiger partial charge is 0.399 e. The Kier molecular flexibility index (Phi) is 3.90. The van der Waals surface area contributed by atoms with Crippen molar-refractivity contribution in [2.75, 3.05) is 11.5 Å². The quantitative estimate of drug-likeness (QED) is 0.723. The highest BCUT2D eigenvalue weighted by Gasteiger charge is 2.19. The molecular weight excluding hydrogens is 291 g/mol. The summed E-state index contributed by atoms with van der Waals surface area (Å²) in [6.07, 6.45) is 0. The molecule has 0 aliphatic heterocycles. The minimum atomic E-state index is 0.417. The van der Waals surface area contributed by atoms with Gasteiger partial charge in [0.05, 0.1) is 15.7 Å². The van der Waals surface area contributed by atoms with Crippen molar-refractivity contribution in [1.82, 2.24) is 0 Å². The minimum absolute atomic E-state index is 0.417. The van der Waals surface area contributed by atoms with Gasteiger partial charge < -0.3 is 11.5 Å². The lowest BCUT2D eigenvalue weighted by molar-refractivity contribution is 1.31. The van der Waals surface area contributed by atoms with Gasteiger partial charge in [0.1, 0.15) is 0 Å². The molecule has 0 aromatic heterocycles. The predicted octanol–water partition coefficient (Wildman–Crippen LogP) is 5.06. The average molecular weight is 309 g/mol. The van der Waals surface area contributed by atoms with E-state index in [-0.39, 0.29) is 0 Å². The molecule has 0 amide bonds. The zero-order valence-corrected chi connectivity index (χ0v) is 13.6. The molecule has 2 aromatic carbocycles. The van der Waals surface area contributed by atoms with Gasteiger partial charge in [-0.25, -0.2) is 0 Å². The number of aryl methyl sites for hydroxylation is 2. The number of hydrogen-bond donors (Lipinski definition) is 2. The molecule has 0 unspecified atom stereocenters. The van der Waals surface area contributed by atoms with E-state index in [1.165, 1.54) is 0 Å². The van der Waals surface area contributed by atoms with E-state index in [1.54, 1.807) is 0 Å². The van der Waals surface area contributed by atoms with E-state index in [2.05, 4.69) is 0 Å². The van der Waals surface area contributed by atoms with Crippen molar-refractivity contribution in [3.63, 3.8) is 0 Å². The molecule has 0 saturated heterocycles. The minimum Gasteiger partial charge on any atom is -0.399 e. The number of halogens is 2. The normalized spacial score (nSPS) is 10.9. The summed E-state index contributed by atoms with van der Waals surface area (Å²) in [4.78, 5) is 0. The second kappa shape index (κ2) is 5.19. The SMILES string of the molecule is Cc1cc(N)cc(C)c1-c1c(C)c(C)c(N)c(Cl)c1Cl. The average Bonchev–Trinajstić information content (AvgIpc) is 2.37. The van der Waals surface area contributed by atoms with Gasteiger partial charge >= 0.3 is 0 Å². The first kappa shape index (κ1) is 15.0. The maximum atomic E-state index is 6.45. The monoisotopic (exact) mass is 308 g/mol. The van der Waals surface area contributed by atoms with Crippen LogP contribution in [0.2, 0.25) is 10.0 Å². The Morgan fingerprint density at radius 3 is 1.75 bits per heavy atom. The number of nitrogen functional groups attached to an aromatic ring is 2. The number of benzene rings is 2. The zero-order chi connectivity index (χ0) is 15.2. The standard InChI is InChI=1S/C16H18Cl2N2/c1-7-5-11(19)6-8(2)12(7)13-9(3)10(4)16(20)15(18)14(13)17/h5-6H,19-20H2,1-4H3. The maximum absolute atomic E-state index is 6.45. The van der Waals surface area contributed by atoms with Crippen LogP contribution in [0.5, 0.6) is 0 Å².